The van der Waals surface area contributed by atoms with Crippen molar-refractivity contribution < 1.29 is 19.1 Å². The molecule has 0 amide bonds. The van der Waals surface area contributed by atoms with Gasteiger partial charge in [-0.25, -0.2) is 4.79 Å². The number of esters is 1. The summed E-state index contributed by atoms with van der Waals surface area (Å²) in [6.07, 6.45) is 11.4. The maximum Gasteiger partial charge on any atom is 0.345 e. The van der Waals surface area contributed by atoms with Gasteiger partial charge in [-0.1, -0.05) is 31.2 Å². The van der Waals surface area contributed by atoms with E-state index in [1.165, 1.54) is 7.11 Å². The van der Waals surface area contributed by atoms with Gasteiger partial charge in [0.15, 0.2) is 5.60 Å². The van der Waals surface area contributed by atoms with E-state index in [0.29, 0.717) is 0 Å². The Bertz CT molecular complexity index is 509. The molecule has 0 aliphatic carbocycles. The molecule has 1 rings (SSSR count). The van der Waals surface area contributed by atoms with Crippen molar-refractivity contribution in [1.29, 1.82) is 0 Å². The van der Waals surface area contributed by atoms with Gasteiger partial charge in [-0.15, -0.1) is 0 Å². The summed E-state index contributed by atoms with van der Waals surface area (Å²) in [5.41, 5.74) is -1.21. The Hall–Kier alpha value is -2.10. The van der Waals surface area contributed by atoms with E-state index in [0.717, 1.165) is 6.42 Å². The molecule has 4 heteroatoms. The number of rotatable bonds is 5. The lowest BCUT2D eigenvalue weighted by atomic mass is 9.96. The first-order valence-corrected chi connectivity index (χ1v) is 6.53. The second-order valence-electron chi connectivity index (χ2n) is 4.46. The van der Waals surface area contributed by atoms with Crippen LogP contribution in [0.3, 0.4) is 0 Å². The minimum absolute atomic E-state index is 0.0442. The molecule has 0 spiro atoms. The van der Waals surface area contributed by atoms with Crippen LogP contribution in [0.25, 0.3) is 0 Å². The topological polar surface area (TPSA) is 52.6 Å². The minimum Gasteiger partial charge on any atom is -0.474 e. The Morgan fingerprint density at radius 1 is 1.40 bits per heavy atom. The van der Waals surface area contributed by atoms with Crippen molar-refractivity contribution >= 4 is 11.8 Å². The average Bonchev–Trinajstić information content (AvgIpc) is 2.67. The van der Waals surface area contributed by atoms with Crippen molar-refractivity contribution in [3.05, 3.63) is 47.8 Å². The van der Waals surface area contributed by atoms with Gasteiger partial charge in [0.2, 0.25) is 5.78 Å². The van der Waals surface area contributed by atoms with E-state index in [1.54, 1.807) is 38.2 Å². The molecule has 0 aromatic heterocycles. The summed E-state index contributed by atoms with van der Waals surface area (Å²) >= 11 is 0. The van der Waals surface area contributed by atoms with E-state index in [4.69, 9.17) is 4.74 Å². The molecule has 0 aromatic carbocycles. The highest BCUT2D eigenvalue weighted by molar-refractivity contribution is 6.23. The van der Waals surface area contributed by atoms with Gasteiger partial charge >= 0.3 is 5.97 Å². The monoisotopic (exact) mass is 276 g/mol. The molecule has 1 heterocycles. The fourth-order valence-corrected chi connectivity index (χ4v) is 1.81. The van der Waals surface area contributed by atoms with Crippen LogP contribution in [-0.4, -0.2) is 24.5 Å². The van der Waals surface area contributed by atoms with Crippen molar-refractivity contribution in [1.82, 2.24) is 0 Å². The summed E-state index contributed by atoms with van der Waals surface area (Å²) < 4.78 is 10.3. The van der Waals surface area contributed by atoms with Crippen LogP contribution in [0.15, 0.2) is 47.8 Å². The van der Waals surface area contributed by atoms with Gasteiger partial charge in [0, 0.05) is 0 Å². The Morgan fingerprint density at radius 2 is 2.10 bits per heavy atom. The van der Waals surface area contributed by atoms with Gasteiger partial charge in [-0.2, -0.15) is 0 Å². The van der Waals surface area contributed by atoms with E-state index in [1.807, 2.05) is 19.1 Å². The third kappa shape index (κ3) is 3.26. The number of ketones is 1. The molecule has 0 N–H and O–H groups in total. The van der Waals surface area contributed by atoms with Crippen molar-refractivity contribution in [3.8, 4) is 0 Å². The van der Waals surface area contributed by atoms with Gasteiger partial charge in [-0.3, -0.25) is 4.79 Å². The smallest absolute Gasteiger partial charge is 0.345 e. The standard InChI is InChI=1S/C16H20O4/c1-5-7-8-9-11-16(3)14(17)13(15(18)19-4)12(20-16)10-6-2/h6-11H,5H2,1-4H3/b8-7+,10-6+,11-9+/t16-/m1/s1. The third-order valence-electron chi connectivity index (χ3n) is 2.85. The predicted molar refractivity (Wildman–Crippen MR) is 76.9 cm³/mol. The predicted octanol–water partition coefficient (Wildman–Crippen LogP) is 2.87. The highest BCUT2D eigenvalue weighted by Gasteiger charge is 2.46. The SMILES string of the molecule is C/C=C/C1=C(C(=O)OC)C(=O)[C@@](C)(/C=C/C=C/CC)O1. The minimum atomic E-state index is -1.17. The maximum atomic E-state index is 12.4. The number of hydrogen-bond acceptors (Lipinski definition) is 4. The molecule has 0 aromatic rings. The third-order valence-corrected chi connectivity index (χ3v) is 2.85. The summed E-state index contributed by atoms with van der Waals surface area (Å²) in [6.45, 7) is 5.43. The van der Waals surface area contributed by atoms with E-state index in [-0.39, 0.29) is 11.3 Å². The fourth-order valence-electron chi connectivity index (χ4n) is 1.81. The molecule has 0 radical (unpaired) electrons. The zero-order valence-electron chi connectivity index (χ0n) is 12.3. The maximum absolute atomic E-state index is 12.4. The molecule has 0 unspecified atom stereocenters. The van der Waals surface area contributed by atoms with Crippen LogP contribution in [0.1, 0.15) is 27.2 Å². The first-order chi connectivity index (χ1) is 9.50. The van der Waals surface area contributed by atoms with Crippen LogP contribution < -0.4 is 0 Å². The summed E-state index contributed by atoms with van der Waals surface area (Å²) in [5.74, 6) is -0.820. The molecule has 1 aliphatic rings. The molecule has 1 atom stereocenters. The van der Waals surface area contributed by atoms with E-state index >= 15 is 0 Å². The van der Waals surface area contributed by atoms with Crippen molar-refractivity contribution in [2.75, 3.05) is 7.11 Å². The number of Topliss-reactive ketones (excluding diaryl/α,β-unsaturated/α-hetero) is 1. The highest BCUT2D eigenvalue weighted by atomic mass is 16.5. The summed E-state index contributed by atoms with van der Waals surface area (Å²) in [5, 5.41) is 0. The van der Waals surface area contributed by atoms with Crippen molar-refractivity contribution in [2.45, 2.75) is 32.8 Å². The zero-order chi connectivity index (χ0) is 15.2. The Morgan fingerprint density at radius 3 is 2.65 bits per heavy atom. The van der Waals surface area contributed by atoms with Gasteiger partial charge < -0.3 is 9.47 Å². The Balaban J connectivity index is 3.09. The van der Waals surface area contributed by atoms with Crippen LogP contribution in [0.2, 0.25) is 0 Å². The number of carbonyl (C=O) groups is 2. The molecular formula is C16H20O4. The number of ether oxygens (including phenoxy) is 2. The quantitative estimate of drug-likeness (QED) is 0.440. The Kier molecular flexibility index (Phi) is 5.50. The number of hydrogen-bond donors (Lipinski definition) is 0. The van der Waals surface area contributed by atoms with Crippen LogP contribution in [0.5, 0.6) is 0 Å². The number of carbonyl (C=O) groups excluding carboxylic acids is 2. The van der Waals surface area contributed by atoms with Crippen molar-refractivity contribution in [3.63, 3.8) is 0 Å². The molecule has 20 heavy (non-hydrogen) atoms. The molecular weight excluding hydrogens is 256 g/mol. The van der Waals surface area contributed by atoms with Crippen LogP contribution >= 0.6 is 0 Å². The average molecular weight is 276 g/mol. The molecule has 0 saturated heterocycles. The summed E-state index contributed by atoms with van der Waals surface area (Å²) in [4.78, 5) is 24.1. The van der Waals surface area contributed by atoms with Gasteiger partial charge in [0.25, 0.3) is 0 Å². The molecule has 108 valence electrons. The number of allylic oxidation sites excluding steroid dienone is 5. The zero-order valence-corrected chi connectivity index (χ0v) is 12.3. The fraction of sp³-hybridized carbons (Fsp3) is 0.375. The molecule has 1 aliphatic heterocycles. The lowest BCUT2D eigenvalue weighted by molar-refractivity contribution is -0.138. The first-order valence-electron chi connectivity index (χ1n) is 6.53. The van der Waals surface area contributed by atoms with Crippen LogP contribution in [0.4, 0.5) is 0 Å². The highest BCUT2D eigenvalue weighted by Crippen LogP contribution is 2.33. The summed E-state index contributed by atoms with van der Waals surface area (Å²) in [6, 6.07) is 0. The number of methoxy groups -OCH3 is 1. The van der Waals surface area contributed by atoms with Gasteiger partial charge in [0.05, 0.1) is 7.11 Å². The summed E-state index contributed by atoms with van der Waals surface area (Å²) in [7, 11) is 1.24. The van der Waals surface area contributed by atoms with E-state index in [2.05, 4.69) is 4.74 Å². The van der Waals surface area contributed by atoms with Crippen LogP contribution in [-0.2, 0) is 19.1 Å². The van der Waals surface area contributed by atoms with Gasteiger partial charge in [0.1, 0.15) is 11.3 Å². The Labute approximate surface area is 119 Å². The van der Waals surface area contributed by atoms with Crippen molar-refractivity contribution in [2.24, 2.45) is 0 Å². The second kappa shape index (κ2) is 6.89. The van der Waals surface area contributed by atoms with Crippen LogP contribution in [0, 0.1) is 0 Å². The lowest BCUT2D eigenvalue weighted by Crippen LogP contribution is -2.32. The first kappa shape index (κ1) is 16.0. The second-order valence-corrected chi connectivity index (χ2v) is 4.46. The molecule has 0 saturated carbocycles. The molecule has 0 fully saturated rings. The normalized spacial score (nSPS) is 23.3. The lowest BCUT2D eigenvalue weighted by Gasteiger charge is -2.18. The van der Waals surface area contributed by atoms with Gasteiger partial charge in [-0.05, 0) is 32.4 Å². The molecule has 0 bridgehead atoms. The van der Waals surface area contributed by atoms with E-state index < -0.39 is 17.4 Å². The molecule has 4 nitrogen and oxygen atoms in total. The largest absolute Gasteiger partial charge is 0.474 e. The van der Waals surface area contributed by atoms with E-state index in [9.17, 15) is 9.59 Å².